The molecule has 0 radical (unpaired) electrons. The van der Waals surface area contributed by atoms with Crippen LogP contribution in [0, 0.1) is 18.8 Å². The van der Waals surface area contributed by atoms with Crippen molar-refractivity contribution in [2.45, 2.75) is 47.5 Å². The number of carboxylic acids is 1. The number of aliphatic carboxylic acids is 1. The maximum atomic E-state index is 10.3. The number of aryl methyl sites for hydroxylation is 1. The Bertz CT molecular complexity index is 677. The maximum absolute atomic E-state index is 10.3. The van der Waals surface area contributed by atoms with E-state index in [1.54, 1.807) is 6.08 Å². The van der Waals surface area contributed by atoms with Gasteiger partial charge in [0.25, 0.3) is 0 Å². The normalized spacial score (nSPS) is 10.9. The first kappa shape index (κ1) is 21.7. The second-order valence-electron chi connectivity index (χ2n) is 7.59. The van der Waals surface area contributed by atoms with E-state index in [4.69, 9.17) is 5.11 Å². The van der Waals surface area contributed by atoms with Gasteiger partial charge in [-0.2, -0.15) is 0 Å². The van der Waals surface area contributed by atoms with E-state index in [0.29, 0.717) is 5.92 Å². The molecule has 0 aliphatic carbocycles. The number of hydrogen-bond acceptors (Lipinski definition) is 1. The molecule has 0 aromatic heterocycles. The van der Waals surface area contributed by atoms with Crippen molar-refractivity contribution in [3.8, 4) is 0 Å². The Morgan fingerprint density at radius 2 is 1.27 bits per heavy atom. The Kier molecular flexibility index (Phi) is 9.43. The first-order valence-electron chi connectivity index (χ1n) is 9.31. The SMILES string of the molecule is CC(C)Cc1ccc(/C=C/C(=O)O)cc1.Cc1ccc(CC(C)C)cc1. The summed E-state index contributed by atoms with van der Waals surface area (Å²) in [7, 11) is 0. The summed E-state index contributed by atoms with van der Waals surface area (Å²) in [6, 6.07) is 16.8. The molecule has 0 bridgehead atoms. The summed E-state index contributed by atoms with van der Waals surface area (Å²) in [5.41, 5.74) is 5.01. The highest BCUT2D eigenvalue weighted by Crippen LogP contribution is 2.11. The van der Waals surface area contributed by atoms with Gasteiger partial charge in [-0.25, -0.2) is 4.79 Å². The molecule has 140 valence electrons. The van der Waals surface area contributed by atoms with Gasteiger partial charge in [0.05, 0.1) is 0 Å². The fraction of sp³-hybridized carbons (Fsp3) is 0.375. The quantitative estimate of drug-likeness (QED) is 0.631. The van der Waals surface area contributed by atoms with Crippen LogP contribution < -0.4 is 0 Å². The Morgan fingerprint density at radius 3 is 1.65 bits per heavy atom. The van der Waals surface area contributed by atoms with E-state index in [-0.39, 0.29) is 0 Å². The van der Waals surface area contributed by atoms with Gasteiger partial charge < -0.3 is 5.11 Å². The summed E-state index contributed by atoms with van der Waals surface area (Å²) < 4.78 is 0. The molecule has 0 fully saturated rings. The minimum Gasteiger partial charge on any atom is -0.478 e. The molecule has 2 aromatic rings. The van der Waals surface area contributed by atoms with Crippen molar-refractivity contribution < 1.29 is 9.90 Å². The second-order valence-corrected chi connectivity index (χ2v) is 7.59. The van der Waals surface area contributed by atoms with Crippen molar-refractivity contribution in [3.63, 3.8) is 0 Å². The van der Waals surface area contributed by atoms with Crippen LogP contribution in [0.3, 0.4) is 0 Å². The van der Waals surface area contributed by atoms with E-state index in [9.17, 15) is 4.79 Å². The van der Waals surface area contributed by atoms with E-state index in [0.717, 1.165) is 24.0 Å². The van der Waals surface area contributed by atoms with Gasteiger partial charge in [-0.05, 0) is 54.4 Å². The monoisotopic (exact) mass is 352 g/mol. The second kappa shape index (κ2) is 11.3. The minimum atomic E-state index is -0.916. The van der Waals surface area contributed by atoms with Crippen LogP contribution in [-0.2, 0) is 17.6 Å². The van der Waals surface area contributed by atoms with E-state index < -0.39 is 5.97 Å². The van der Waals surface area contributed by atoms with Crippen molar-refractivity contribution in [3.05, 3.63) is 76.9 Å². The molecule has 0 aliphatic rings. The molecule has 2 aromatic carbocycles. The van der Waals surface area contributed by atoms with Crippen molar-refractivity contribution in [2.75, 3.05) is 0 Å². The highest BCUT2D eigenvalue weighted by molar-refractivity contribution is 5.85. The van der Waals surface area contributed by atoms with E-state index in [2.05, 4.69) is 58.9 Å². The predicted octanol–water partition coefficient (Wildman–Crippen LogP) is 6.18. The Hall–Kier alpha value is -2.35. The van der Waals surface area contributed by atoms with Gasteiger partial charge >= 0.3 is 5.97 Å². The number of carbonyl (C=O) groups is 1. The third-order valence-electron chi connectivity index (χ3n) is 3.81. The zero-order chi connectivity index (χ0) is 19.5. The molecule has 0 saturated heterocycles. The van der Waals surface area contributed by atoms with Crippen LogP contribution >= 0.6 is 0 Å². The van der Waals surface area contributed by atoms with Gasteiger partial charge in [0.15, 0.2) is 0 Å². The molecule has 26 heavy (non-hydrogen) atoms. The van der Waals surface area contributed by atoms with Crippen LogP contribution in [0.1, 0.15) is 49.9 Å². The highest BCUT2D eigenvalue weighted by Gasteiger charge is 1.97. The molecule has 2 nitrogen and oxygen atoms in total. The highest BCUT2D eigenvalue weighted by atomic mass is 16.4. The molecule has 0 unspecified atom stereocenters. The molecular weight excluding hydrogens is 320 g/mol. The molecule has 0 heterocycles. The van der Waals surface area contributed by atoms with Crippen molar-refractivity contribution in [1.82, 2.24) is 0 Å². The summed E-state index contributed by atoms with van der Waals surface area (Å²) in [4.78, 5) is 10.3. The number of hydrogen-bond donors (Lipinski definition) is 1. The molecule has 0 atom stereocenters. The minimum absolute atomic E-state index is 0.644. The lowest BCUT2D eigenvalue weighted by Gasteiger charge is -2.04. The van der Waals surface area contributed by atoms with Gasteiger partial charge in [-0.1, -0.05) is 81.8 Å². The predicted molar refractivity (Wildman–Crippen MR) is 111 cm³/mol. The standard InChI is InChI=1S/C13H16O2.C11H16/c1-10(2)9-12-5-3-11(4-6-12)7-8-13(14)15;1-9(2)8-11-6-4-10(3)5-7-11/h3-8,10H,9H2,1-2H3,(H,14,15);4-7,9H,8H2,1-3H3/b8-7+;. The molecule has 0 amide bonds. The fourth-order valence-electron chi connectivity index (χ4n) is 2.60. The summed E-state index contributed by atoms with van der Waals surface area (Å²) >= 11 is 0. The largest absolute Gasteiger partial charge is 0.478 e. The number of rotatable bonds is 6. The first-order chi connectivity index (χ1) is 12.3. The van der Waals surface area contributed by atoms with Crippen molar-refractivity contribution in [2.24, 2.45) is 11.8 Å². The van der Waals surface area contributed by atoms with Crippen LogP contribution in [0.5, 0.6) is 0 Å². The smallest absolute Gasteiger partial charge is 0.328 e. The Labute approximate surface area is 158 Å². The number of carboxylic acid groups (broad SMARTS) is 1. The number of benzene rings is 2. The average Bonchev–Trinajstić information content (AvgIpc) is 2.56. The van der Waals surface area contributed by atoms with E-state index in [1.165, 1.54) is 23.1 Å². The third-order valence-corrected chi connectivity index (χ3v) is 3.81. The van der Waals surface area contributed by atoms with Crippen LogP contribution in [0.25, 0.3) is 6.08 Å². The van der Waals surface area contributed by atoms with Crippen LogP contribution in [0.2, 0.25) is 0 Å². The van der Waals surface area contributed by atoms with Crippen molar-refractivity contribution >= 4 is 12.0 Å². The van der Waals surface area contributed by atoms with Crippen LogP contribution in [0.15, 0.2) is 54.6 Å². The van der Waals surface area contributed by atoms with E-state index in [1.807, 2.05) is 24.3 Å². The average molecular weight is 353 g/mol. The first-order valence-corrected chi connectivity index (χ1v) is 9.31. The van der Waals surface area contributed by atoms with Crippen LogP contribution in [-0.4, -0.2) is 11.1 Å². The molecule has 0 saturated carbocycles. The lowest BCUT2D eigenvalue weighted by Crippen LogP contribution is -1.93. The van der Waals surface area contributed by atoms with E-state index >= 15 is 0 Å². The summed E-state index contributed by atoms with van der Waals surface area (Å²) in [5, 5.41) is 8.46. The summed E-state index contributed by atoms with van der Waals surface area (Å²) in [6.45, 7) is 11.0. The Morgan fingerprint density at radius 1 is 0.846 bits per heavy atom. The lowest BCUT2D eigenvalue weighted by molar-refractivity contribution is -0.131. The maximum Gasteiger partial charge on any atom is 0.328 e. The van der Waals surface area contributed by atoms with Gasteiger partial charge in [-0.15, -0.1) is 0 Å². The molecule has 2 heteroatoms. The molecular formula is C24H32O2. The van der Waals surface area contributed by atoms with Gasteiger partial charge in [-0.3, -0.25) is 0 Å². The fourth-order valence-corrected chi connectivity index (χ4v) is 2.60. The van der Waals surface area contributed by atoms with Gasteiger partial charge in [0, 0.05) is 6.08 Å². The molecule has 2 rings (SSSR count). The zero-order valence-corrected chi connectivity index (χ0v) is 16.7. The summed E-state index contributed by atoms with van der Waals surface area (Å²) in [6.07, 6.45) is 5.00. The van der Waals surface area contributed by atoms with Crippen molar-refractivity contribution in [1.29, 1.82) is 0 Å². The molecule has 0 spiro atoms. The zero-order valence-electron chi connectivity index (χ0n) is 16.7. The van der Waals surface area contributed by atoms with Crippen LogP contribution in [0.4, 0.5) is 0 Å². The topological polar surface area (TPSA) is 37.3 Å². The molecule has 0 aliphatic heterocycles. The molecule has 1 N–H and O–H groups in total. The summed E-state index contributed by atoms with van der Waals surface area (Å²) in [5.74, 6) is 0.490. The Balaban J connectivity index is 0.000000273. The van der Waals surface area contributed by atoms with Gasteiger partial charge in [0.1, 0.15) is 0 Å². The van der Waals surface area contributed by atoms with Gasteiger partial charge in [0.2, 0.25) is 0 Å². The third kappa shape index (κ3) is 9.83. The lowest BCUT2D eigenvalue weighted by atomic mass is 10.0.